The van der Waals surface area contributed by atoms with Gasteiger partial charge in [-0.15, -0.1) is 0 Å². The summed E-state index contributed by atoms with van der Waals surface area (Å²) < 4.78 is 0. The van der Waals surface area contributed by atoms with Crippen LogP contribution in [0.3, 0.4) is 0 Å². The molecule has 0 atom stereocenters. The van der Waals surface area contributed by atoms with E-state index in [1.165, 1.54) is 161 Å². The summed E-state index contributed by atoms with van der Waals surface area (Å²) in [5.74, 6) is 0. The van der Waals surface area contributed by atoms with E-state index in [9.17, 15) is 0 Å². The second-order valence-corrected chi connectivity index (χ2v) is 9.82. The van der Waals surface area contributed by atoms with Crippen LogP contribution in [0.5, 0.6) is 0 Å². The highest BCUT2D eigenvalue weighted by Crippen LogP contribution is 2.12. The molecule has 184 valence electrons. The quantitative estimate of drug-likeness (QED) is 0.0941. The second-order valence-electron chi connectivity index (χ2n) is 9.82. The molecule has 0 radical (unpaired) electrons. The molecule has 0 aliphatic heterocycles. The Balaban J connectivity index is 3.12. The average molecular weight is 433 g/mol. The highest BCUT2D eigenvalue weighted by molar-refractivity contribution is 4.82. The lowest BCUT2D eigenvalue weighted by Gasteiger charge is -2.01. The molecule has 0 nitrogen and oxygen atoms in total. The van der Waals surface area contributed by atoms with Crippen LogP contribution < -0.4 is 0 Å². The summed E-state index contributed by atoms with van der Waals surface area (Å²) in [4.78, 5) is 0. The van der Waals surface area contributed by atoms with Gasteiger partial charge in [0.1, 0.15) is 0 Å². The number of hydrogen-bond donors (Lipinski definition) is 0. The van der Waals surface area contributed by atoms with Gasteiger partial charge < -0.3 is 0 Å². The van der Waals surface area contributed by atoms with Crippen molar-refractivity contribution in [2.24, 2.45) is 0 Å². The smallest absolute Gasteiger partial charge is 0.0351 e. The highest BCUT2D eigenvalue weighted by Gasteiger charge is 1.93. The van der Waals surface area contributed by atoms with Crippen LogP contribution in [0.1, 0.15) is 174 Å². The molecule has 0 aromatic carbocycles. The number of hydrogen-bond acceptors (Lipinski definition) is 0. The maximum atomic E-state index is 2.44. The Kier molecular flexibility index (Phi) is 29.0. The van der Waals surface area contributed by atoms with E-state index in [1.807, 2.05) is 0 Å². The molecule has 0 N–H and O–H groups in total. The van der Waals surface area contributed by atoms with Crippen molar-refractivity contribution in [2.45, 2.75) is 174 Å². The summed E-state index contributed by atoms with van der Waals surface area (Å²) in [6, 6.07) is 0. The first-order valence-corrected chi connectivity index (χ1v) is 14.7. The average Bonchev–Trinajstić information content (AvgIpc) is 2.78. The van der Waals surface area contributed by atoms with Gasteiger partial charge in [0.05, 0.1) is 0 Å². The molecular formula is C31H60. The van der Waals surface area contributed by atoms with E-state index in [0.29, 0.717) is 0 Å². The maximum absolute atomic E-state index is 2.44. The lowest BCUT2D eigenvalue weighted by atomic mass is 10.1. The number of allylic oxidation sites excluding steroid dienone is 4. The summed E-state index contributed by atoms with van der Waals surface area (Å²) in [7, 11) is 0. The fourth-order valence-electron chi connectivity index (χ4n) is 4.32. The lowest BCUT2D eigenvalue weighted by molar-refractivity contribution is 0.557. The topological polar surface area (TPSA) is 0 Å². The second kappa shape index (κ2) is 29.5. The molecule has 0 spiro atoms. The van der Waals surface area contributed by atoms with Gasteiger partial charge in [-0.25, -0.2) is 0 Å². The van der Waals surface area contributed by atoms with Crippen molar-refractivity contribution in [3.05, 3.63) is 24.3 Å². The molecule has 0 aromatic rings. The standard InChI is InChI=1S/C31H60/c1-3-5-7-9-11-13-15-17-19-21-23-25-27-29-31-30-28-26-24-22-20-18-16-14-12-10-8-6-4-2/h17,19,26,28H,3-16,18,20-25,27,29-31H2,1-2H3/b19-17-,28-26-. The van der Waals surface area contributed by atoms with Crippen LogP contribution in [0, 0.1) is 0 Å². The van der Waals surface area contributed by atoms with Gasteiger partial charge in [-0.2, -0.15) is 0 Å². The van der Waals surface area contributed by atoms with Gasteiger partial charge in [0.2, 0.25) is 0 Å². The van der Waals surface area contributed by atoms with Gasteiger partial charge in [-0.1, -0.05) is 147 Å². The van der Waals surface area contributed by atoms with Crippen LogP contribution in [0.25, 0.3) is 0 Å². The van der Waals surface area contributed by atoms with E-state index in [0.717, 1.165) is 0 Å². The molecule has 0 aromatic heterocycles. The molecule has 0 heteroatoms. The Morgan fingerprint density at radius 2 is 0.452 bits per heavy atom. The summed E-state index contributed by atoms with van der Waals surface area (Å²) in [6.45, 7) is 4.59. The third-order valence-corrected chi connectivity index (χ3v) is 6.52. The zero-order chi connectivity index (χ0) is 22.5. The van der Waals surface area contributed by atoms with Gasteiger partial charge in [0.15, 0.2) is 0 Å². The minimum atomic E-state index is 1.30. The molecule has 0 amide bonds. The Morgan fingerprint density at radius 1 is 0.258 bits per heavy atom. The monoisotopic (exact) mass is 432 g/mol. The van der Waals surface area contributed by atoms with E-state index < -0.39 is 0 Å². The van der Waals surface area contributed by atoms with Crippen molar-refractivity contribution in [3.63, 3.8) is 0 Å². The predicted octanol–water partition coefficient (Wildman–Crippen LogP) is 11.9. The first-order valence-electron chi connectivity index (χ1n) is 14.7. The molecule has 0 aliphatic carbocycles. The first-order chi connectivity index (χ1) is 15.4. The minimum Gasteiger partial charge on any atom is -0.0885 e. The molecule has 0 unspecified atom stereocenters. The van der Waals surface area contributed by atoms with Crippen LogP contribution in [0.4, 0.5) is 0 Å². The molecule has 0 bridgehead atoms. The van der Waals surface area contributed by atoms with Crippen LogP contribution >= 0.6 is 0 Å². The van der Waals surface area contributed by atoms with Crippen LogP contribution in [0.2, 0.25) is 0 Å². The maximum Gasteiger partial charge on any atom is -0.0351 e. The van der Waals surface area contributed by atoms with Gasteiger partial charge in [0.25, 0.3) is 0 Å². The summed E-state index contributed by atoms with van der Waals surface area (Å²) in [5.41, 5.74) is 0. The lowest BCUT2D eigenvalue weighted by Crippen LogP contribution is -1.81. The molecule has 31 heavy (non-hydrogen) atoms. The van der Waals surface area contributed by atoms with Gasteiger partial charge in [0, 0.05) is 0 Å². The molecule has 0 fully saturated rings. The molecule has 0 heterocycles. The predicted molar refractivity (Wildman–Crippen MR) is 145 cm³/mol. The highest BCUT2D eigenvalue weighted by atomic mass is 14.0. The van der Waals surface area contributed by atoms with Gasteiger partial charge in [-0.05, 0) is 51.4 Å². The van der Waals surface area contributed by atoms with Crippen molar-refractivity contribution in [2.75, 3.05) is 0 Å². The van der Waals surface area contributed by atoms with Crippen LogP contribution in [-0.4, -0.2) is 0 Å². The van der Waals surface area contributed by atoms with E-state index in [-0.39, 0.29) is 0 Å². The number of rotatable bonds is 26. The van der Waals surface area contributed by atoms with Crippen LogP contribution in [0.15, 0.2) is 24.3 Å². The third kappa shape index (κ3) is 29.5. The fraction of sp³-hybridized carbons (Fsp3) is 0.871. The summed E-state index contributed by atoms with van der Waals surface area (Å²) in [5, 5.41) is 0. The van der Waals surface area contributed by atoms with Crippen LogP contribution in [-0.2, 0) is 0 Å². The Labute approximate surface area is 198 Å². The molecule has 0 aliphatic rings. The molecular weight excluding hydrogens is 372 g/mol. The van der Waals surface area contributed by atoms with E-state index in [1.54, 1.807) is 0 Å². The largest absolute Gasteiger partial charge is 0.0885 e. The molecule has 0 rings (SSSR count). The molecule has 0 saturated heterocycles. The van der Waals surface area contributed by atoms with E-state index >= 15 is 0 Å². The van der Waals surface area contributed by atoms with E-state index in [2.05, 4.69) is 38.2 Å². The van der Waals surface area contributed by atoms with Crippen molar-refractivity contribution >= 4 is 0 Å². The number of unbranched alkanes of at least 4 members (excludes halogenated alkanes) is 22. The van der Waals surface area contributed by atoms with Crippen molar-refractivity contribution in [1.82, 2.24) is 0 Å². The first kappa shape index (κ1) is 30.5. The Morgan fingerprint density at radius 3 is 0.677 bits per heavy atom. The Bertz CT molecular complexity index is 351. The van der Waals surface area contributed by atoms with Crippen molar-refractivity contribution in [1.29, 1.82) is 0 Å². The van der Waals surface area contributed by atoms with Gasteiger partial charge in [-0.3, -0.25) is 0 Å². The summed E-state index contributed by atoms with van der Waals surface area (Å²) in [6.07, 6.45) is 44.9. The fourth-order valence-corrected chi connectivity index (χ4v) is 4.32. The zero-order valence-corrected chi connectivity index (χ0v) is 22.0. The zero-order valence-electron chi connectivity index (χ0n) is 22.0. The minimum absolute atomic E-state index is 1.30. The SMILES string of the molecule is CCCCCCCC/C=C\CCCCCCC/C=C\CCCCCCCCCCCC. The third-order valence-electron chi connectivity index (χ3n) is 6.52. The van der Waals surface area contributed by atoms with E-state index in [4.69, 9.17) is 0 Å². The summed E-state index contributed by atoms with van der Waals surface area (Å²) >= 11 is 0. The van der Waals surface area contributed by atoms with Gasteiger partial charge >= 0.3 is 0 Å². The normalized spacial score (nSPS) is 11.9. The Hall–Kier alpha value is -0.520. The van der Waals surface area contributed by atoms with Crippen molar-refractivity contribution in [3.8, 4) is 0 Å². The molecule has 0 saturated carbocycles. The van der Waals surface area contributed by atoms with Crippen molar-refractivity contribution < 1.29 is 0 Å².